The molecule has 0 unspecified atom stereocenters. The predicted octanol–water partition coefficient (Wildman–Crippen LogP) is 2.67. The number of hydrogen-bond acceptors (Lipinski definition) is 2. The molecule has 0 fully saturated rings. The van der Waals surface area contributed by atoms with Gasteiger partial charge in [0.25, 0.3) is 5.91 Å². The van der Waals surface area contributed by atoms with Gasteiger partial charge in [0, 0.05) is 5.56 Å². The Morgan fingerprint density at radius 1 is 1.27 bits per heavy atom. The highest BCUT2D eigenvalue weighted by Crippen LogP contribution is 2.22. The summed E-state index contributed by atoms with van der Waals surface area (Å²) in [6, 6.07) is 4.65. The van der Waals surface area contributed by atoms with Gasteiger partial charge >= 0.3 is 6.36 Å². The van der Waals surface area contributed by atoms with E-state index >= 15 is 0 Å². The predicted molar refractivity (Wildman–Crippen MR) is 54.6 cm³/mol. The van der Waals surface area contributed by atoms with Crippen molar-refractivity contribution < 1.29 is 22.7 Å². The molecule has 0 aliphatic carbocycles. The molecular formula is C8H5F3INO2. The molecule has 1 aromatic rings. The second-order valence-corrected chi connectivity index (χ2v) is 3.04. The molecule has 1 N–H and O–H groups in total. The van der Waals surface area contributed by atoms with Gasteiger partial charge in [-0.05, 0) is 24.3 Å². The minimum atomic E-state index is -4.72. The van der Waals surface area contributed by atoms with Crippen LogP contribution in [0.25, 0.3) is 0 Å². The van der Waals surface area contributed by atoms with Crippen molar-refractivity contribution in [1.29, 1.82) is 0 Å². The van der Waals surface area contributed by atoms with E-state index in [-0.39, 0.29) is 17.2 Å². The molecule has 0 spiro atoms. The quantitative estimate of drug-likeness (QED) is 0.668. The fourth-order valence-corrected chi connectivity index (χ4v) is 1.17. The highest BCUT2D eigenvalue weighted by Gasteiger charge is 2.30. The van der Waals surface area contributed by atoms with Crippen LogP contribution in [0, 0.1) is 0 Å². The van der Waals surface area contributed by atoms with E-state index in [0.717, 1.165) is 12.1 Å². The van der Waals surface area contributed by atoms with Crippen LogP contribution in [0.3, 0.4) is 0 Å². The lowest BCUT2D eigenvalue weighted by Crippen LogP contribution is -2.17. The summed E-state index contributed by atoms with van der Waals surface area (Å²) in [6.07, 6.45) is -4.72. The van der Waals surface area contributed by atoms with Gasteiger partial charge in [-0.25, -0.2) is 0 Å². The van der Waals surface area contributed by atoms with Gasteiger partial charge in [0.15, 0.2) is 0 Å². The summed E-state index contributed by atoms with van der Waals surface area (Å²) in [5.74, 6) is -0.735. The molecule has 15 heavy (non-hydrogen) atoms. The minimum Gasteiger partial charge on any atom is -0.406 e. The Morgan fingerprint density at radius 2 is 1.80 bits per heavy atom. The Morgan fingerprint density at radius 3 is 2.20 bits per heavy atom. The summed E-state index contributed by atoms with van der Waals surface area (Å²) >= 11 is 1.64. The second-order valence-electron chi connectivity index (χ2n) is 2.50. The van der Waals surface area contributed by atoms with Gasteiger partial charge in [0.05, 0.1) is 22.9 Å². The van der Waals surface area contributed by atoms with Crippen LogP contribution in [0.15, 0.2) is 24.3 Å². The monoisotopic (exact) mass is 331 g/mol. The third-order valence-corrected chi connectivity index (χ3v) is 1.93. The van der Waals surface area contributed by atoms with Crippen LogP contribution in [-0.4, -0.2) is 12.3 Å². The zero-order valence-electron chi connectivity index (χ0n) is 7.14. The third-order valence-electron chi connectivity index (χ3n) is 1.44. The van der Waals surface area contributed by atoms with E-state index in [1.807, 2.05) is 0 Å². The number of hydrogen-bond donors (Lipinski definition) is 1. The topological polar surface area (TPSA) is 38.3 Å². The number of amides is 1. The van der Waals surface area contributed by atoms with Crippen molar-refractivity contribution in [1.82, 2.24) is 3.53 Å². The Bertz CT molecular complexity index is 350. The zero-order valence-corrected chi connectivity index (χ0v) is 9.30. The molecule has 82 valence electrons. The molecule has 7 heteroatoms. The summed E-state index contributed by atoms with van der Waals surface area (Å²) in [7, 11) is 0. The normalized spacial score (nSPS) is 10.9. The van der Waals surface area contributed by atoms with Crippen LogP contribution in [0.4, 0.5) is 13.2 Å². The van der Waals surface area contributed by atoms with Crippen molar-refractivity contribution in [3.8, 4) is 5.75 Å². The van der Waals surface area contributed by atoms with Crippen molar-refractivity contribution in [2.75, 3.05) is 0 Å². The average molecular weight is 331 g/mol. The Hall–Kier alpha value is -0.990. The van der Waals surface area contributed by atoms with Crippen LogP contribution in [0.2, 0.25) is 0 Å². The highest BCUT2D eigenvalue weighted by molar-refractivity contribution is 14.1. The molecule has 3 nitrogen and oxygen atoms in total. The summed E-state index contributed by atoms with van der Waals surface area (Å²) < 4.78 is 41.2. The molecule has 0 aliphatic heterocycles. The molecule has 0 aliphatic rings. The van der Waals surface area contributed by atoms with Crippen LogP contribution >= 0.6 is 22.9 Å². The number of rotatable bonds is 2. The van der Waals surface area contributed by atoms with Gasteiger partial charge in [-0.1, -0.05) is 0 Å². The molecule has 0 radical (unpaired) electrons. The fraction of sp³-hybridized carbons (Fsp3) is 0.125. The molecule has 1 amide bonds. The molecular weight excluding hydrogens is 326 g/mol. The number of ether oxygens (including phenoxy) is 1. The van der Waals surface area contributed by atoms with Crippen LogP contribution in [0.5, 0.6) is 5.75 Å². The number of alkyl halides is 3. The molecule has 0 bridgehead atoms. The molecule has 0 atom stereocenters. The van der Waals surface area contributed by atoms with Gasteiger partial charge in [-0.3, -0.25) is 8.32 Å². The Balaban J connectivity index is 2.77. The van der Waals surface area contributed by atoms with Gasteiger partial charge < -0.3 is 4.74 Å². The molecule has 0 aromatic heterocycles. The van der Waals surface area contributed by atoms with Gasteiger partial charge in [0.1, 0.15) is 5.75 Å². The Kier molecular flexibility index (Phi) is 3.77. The lowest BCUT2D eigenvalue weighted by molar-refractivity contribution is -0.274. The molecule has 1 rings (SSSR count). The number of nitrogens with one attached hydrogen (secondary N) is 1. The SMILES string of the molecule is O=C(NI)c1ccc(OC(F)(F)F)cc1. The van der Waals surface area contributed by atoms with Crippen LogP contribution in [-0.2, 0) is 0 Å². The van der Waals surface area contributed by atoms with Crippen molar-refractivity contribution in [3.05, 3.63) is 29.8 Å². The maximum Gasteiger partial charge on any atom is 0.573 e. The Labute approximate surface area is 97.1 Å². The maximum atomic E-state index is 11.8. The summed E-state index contributed by atoms with van der Waals surface area (Å²) in [5, 5.41) is 0. The summed E-state index contributed by atoms with van der Waals surface area (Å²) in [4.78, 5) is 11.0. The molecule has 1 aromatic carbocycles. The first-order chi connectivity index (χ1) is 6.92. The first-order valence-electron chi connectivity index (χ1n) is 3.69. The van der Waals surface area contributed by atoms with Crippen molar-refractivity contribution in [3.63, 3.8) is 0 Å². The first kappa shape index (κ1) is 12.1. The minimum absolute atomic E-state index is 0.263. The first-order valence-corrected chi connectivity index (χ1v) is 4.77. The van der Waals surface area contributed by atoms with E-state index in [9.17, 15) is 18.0 Å². The number of carbonyl (C=O) groups excluding carboxylic acids is 1. The van der Waals surface area contributed by atoms with Crippen LogP contribution in [0.1, 0.15) is 10.4 Å². The lowest BCUT2D eigenvalue weighted by atomic mass is 10.2. The average Bonchev–Trinajstić information content (AvgIpc) is 2.15. The van der Waals surface area contributed by atoms with Crippen molar-refractivity contribution in [2.45, 2.75) is 6.36 Å². The highest BCUT2D eigenvalue weighted by atomic mass is 127. The van der Waals surface area contributed by atoms with E-state index in [0.29, 0.717) is 0 Å². The largest absolute Gasteiger partial charge is 0.573 e. The summed E-state index contributed by atoms with van der Waals surface area (Å²) in [6.45, 7) is 0. The van der Waals surface area contributed by atoms with Gasteiger partial charge in [-0.2, -0.15) is 0 Å². The third kappa shape index (κ3) is 3.94. The lowest BCUT2D eigenvalue weighted by Gasteiger charge is -2.08. The number of benzene rings is 1. The standard InChI is InChI=1S/C8H5F3INO2/c9-8(10,11)15-6-3-1-5(2-4-6)7(14)13-12/h1-4H,(H,13,14). The maximum absolute atomic E-state index is 11.8. The summed E-state index contributed by atoms with van der Waals surface area (Å²) in [5.41, 5.74) is 0.263. The molecule has 0 saturated carbocycles. The van der Waals surface area contributed by atoms with E-state index in [2.05, 4.69) is 8.27 Å². The van der Waals surface area contributed by atoms with Gasteiger partial charge in [0.2, 0.25) is 0 Å². The van der Waals surface area contributed by atoms with Crippen molar-refractivity contribution in [2.24, 2.45) is 0 Å². The van der Waals surface area contributed by atoms with E-state index in [4.69, 9.17) is 0 Å². The van der Waals surface area contributed by atoms with E-state index in [1.165, 1.54) is 12.1 Å². The smallest absolute Gasteiger partial charge is 0.406 e. The number of carbonyl (C=O) groups is 1. The van der Waals surface area contributed by atoms with Crippen LogP contribution < -0.4 is 8.27 Å². The number of halogens is 4. The van der Waals surface area contributed by atoms with E-state index in [1.54, 1.807) is 22.9 Å². The molecule has 0 saturated heterocycles. The second kappa shape index (κ2) is 4.69. The molecule has 0 heterocycles. The van der Waals surface area contributed by atoms with Crippen molar-refractivity contribution >= 4 is 28.8 Å². The fourth-order valence-electron chi connectivity index (χ4n) is 0.863. The van der Waals surface area contributed by atoms with E-state index < -0.39 is 6.36 Å². The zero-order chi connectivity index (χ0) is 11.5. The van der Waals surface area contributed by atoms with Gasteiger partial charge in [-0.15, -0.1) is 13.2 Å².